The number of hydrogen-bond acceptors (Lipinski definition) is 3. The van der Waals surface area contributed by atoms with Gasteiger partial charge in [0.2, 0.25) is 5.91 Å². The molecule has 3 rings (SSSR count). The Morgan fingerprint density at radius 2 is 1.35 bits per heavy atom. The van der Waals surface area contributed by atoms with Crippen LogP contribution in [0.4, 0.5) is 0 Å². The Labute approximate surface area is 222 Å². The van der Waals surface area contributed by atoms with Crippen LogP contribution in [0.25, 0.3) is 6.08 Å². The molecule has 0 fully saturated rings. The number of carbonyl (C=O) groups excluding carboxylic acids is 2. The van der Waals surface area contributed by atoms with Crippen LogP contribution in [0.3, 0.4) is 0 Å². The predicted octanol–water partition coefficient (Wildman–Crippen LogP) is 7.41. The second kappa shape index (κ2) is 16.2. The van der Waals surface area contributed by atoms with Crippen LogP contribution < -0.4 is 4.74 Å². The first-order valence-corrected chi connectivity index (χ1v) is 13.4. The number of carbonyl (C=O) groups is 2. The molecule has 0 saturated heterocycles. The third kappa shape index (κ3) is 10.5. The van der Waals surface area contributed by atoms with Gasteiger partial charge in [-0.1, -0.05) is 106 Å². The van der Waals surface area contributed by atoms with Gasteiger partial charge in [0, 0.05) is 19.2 Å². The van der Waals surface area contributed by atoms with E-state index in [1.165, 1.54) is 44.1 Å². The summed E-state index contributed by atoms with van der Waals surface area (Å²) in [7, 11) is 0. The summed E-state index contributed by atoms with van der Waals surface area (Å²) in [6, 6.07) is 26.1. The number of ether oxygens (including phenoxy) is 1. The molecule has 4 nitrogen and oxygen atoms in total. The van der Waals surface area contributed by atoms with Gasteiger partial charge in [0.25, 0.3) is 0 Å². The molecule has 0 bridgehead atoms. The molecular weight excluding hydrogens is 458 g/mol. The lowest BCUT2D eigenvalue weighted by Gasteiger charge is -2.22. The SMILES string of the molecule is CCCCCCCCc1ccc(CN(Cc2ccc(OCC=O)cc2)C(=O)/C=C/c2ccccc2)cc1. The lowest BCUT2D eigenvalue weighted by Crippen LogP contribution is -2.28. The molecule has 0 aliphatic heterocycles. The summed E-state index contributed by atoms with van der Waals surface area (Å²) in [5.41, 5.74) is 4.46. The van der Waals surface area contributed by atoms with Gasteiger partial charge in [-0.2, -0.15) is 0 Å². The number of hydrogen-bond donors (Lipinski definition) is 0. The Kier molecular flexibility index (Phi) is 12.2. The second-order valence-corrected chi connectivity index (χ2v) is 9.39. The summed E-state index contributed by atoms with van der Waals surface area (Å²) in [6.07, 6.45) is 13.1. The van der Waals surface area contributed by atoms with Crippen molar-refractivity contribution in [2.45, 2.75) is 65.0 Å². The molecule has 3 aromatic rings. The zero-order chi connectivity index (χ0) is 26.1. The largest absolute Gasteiger partial charge is 0.486 e. The van der Waals surface area contributed by atoms with Gasteiger partial charge in [-0.15, -0.1) is 0 Å². The average molecular weight is 498 g/mol. The van der Waals surface area contributed by atoms with Crippen LogP contribution in [0, 0.1) is 0 Å². The molecule has 37 heavy (non-hydrogen) atoms. The zero-order valence-corrected chi connectivity index (χ0v) is 22.0. The van der Waals surface area contributed by atoms with Gasteiger partial charge in [0.05, 0.1) is 0 Å². The van der Waals surface area contributed by atoms with Crippen molar-refractivity contribution in [3.05, 3.63) is 107 Å². The topological polar surface area (TPSA) is 46.6 Å². The molecule has 0 aliphatic carbocycles. The quantitative estimate of drug-likeness (QED) is 0.118. The van der Waals surface area contributed by atoms with Gasteiger partial charge in [-0.05, 0) is 53.3 Å². The lowest BCUT2D eigenvalue weighted by atomic mass is 10.0. The summed E-state index contributed by atoms with van der Waals surface area (Å²) in [6.45, 7) is 3.28. The number of benzene rings is 3. The van der Waals surface area contributed by atoms with E-state index in [2.05, 4.69) is 31.2 Å². The van der Waals surface area contributed by atoms with E-state index in [0.29, 0.717) is 18.8 Å². The van der Waals surface area contributed by atoms with Crippen molar-refractivity contribution in [1.82, 2.24) is 4.90 Å². The molecular formula is C33H39NO3. The summed E-state index contributed by atoms with van der Waals surface area (Å²) < 4.78 is 5.35. The van der Waals surface area contributed by atoms with Crippen molar-refractivity contribution >= 4 is 18.3 Å². The summed E-state index contributed by atoms with van der Waals surface area (Å²) in [5, 5.41) is 0. The normalized spacial score (nSPS) is 10.9. The van der Waals surface area contributed by atoms with E-state index in [4.69, 9.17) is 4.74 Å². The van der Waals surface area contributed by atoms with Crippen LogP contribution >= 0.6 is 0 Å². The molecule has 1 amide bonds. The summed E-state index contributed by atoms with van der Waals surface area (Å²) >= 11 is 0. The van der Waals surface area contributed by atoms with Crippen molar-refractivity contribution in [3.8, 4) is 5.75 Å². The summed E-state index contributed by atoms with van der Waals surface area (Å²) in [5.74, 6) is 0.597. The van der Waals surface area contributed by atoms with Crippen molar-refractivity contribution in [2.24, 2.45) is 0 Å². The van der Waals surface area contributed by atoms with E-state index < -0.39 is 0 Å². The Balaban J connectivity index is 1.64. The monoisotopic (exact) mass is 497 g/mol. The fourth-order valence-corrected chi connectivity index (χ4v) is 4.23. The maximum absolute atomic E-state index is 13.2. The van der Waals surface area contributed by atoms with Crippen LogP contribution in [0.15, 0.2) is 84.9 Å². The highest BCUT2D eigenvalue weighted by Gasteiger charge is 2.13. The molecule has 0 spiro atoms. The number of aryl methyl sites for hydroxylation is 1. The molecule has 0 heterocycles. The fraction of sp³-hybridized carbons (Fsp3) is 0.333. The molecule has 0 radical (unpaired) electrons. The highest BCUT2D eigenvalue weighted by atomic mass is 16.5. The van der Waals surface area contributed by atoms with Crippen molar-refractivity contribution < 1.29 is 14.3 Å². The minimum absolute atomic E-state index is 0.0308. The van der Waals surface area contributed by atoms with E-state index in [0.717, 1.165) is 29.4 Å². The number of rotatable bonds is 16. The smallest absolute Gasteiger partial charge is 0.247 e. The van der Waals surface area contributed by atoms with Crippen LogP contribution in [0.2, 0.25) is 0 Å². The third-order valence-corrected chi connectivity index (χ3v) is 6.36. The van der Waals surface area contributed by atoms with E-state index in [1.807, 2.05) is 65.6 Å². The Hall–Kier alpha value is -3.66. The molecule has 3 aromatic carbocycles. The van der Waals surface area contributed by atoms with Gasteiger partial charge in [-0.3, -0.25) is 9.59 Å². The van der Waals surface area contributed by atoms with Crippen LogP contribution in [0.1, 0.15) is 67.7 Å². The van der Waals surface area contributed by atoms with Crippen LogP contribution in [0.5, 0.6) is 5.75 Å². The van der Waals surface area contributed by atoms with Crippen molar-refractivity contribution in [1.29, 1.82) is 0 Å². The van der Waals surface area contributed by atoms with Crippen molar-refractivity contribution in [2.75, 3.05) is 6.61 Å². The molecule has 194 valence electrons. The Morgan fingerprint density at radius 3 is 2.00 bits per heavy atom. The van der Waals surface area contributed by atoms with Crippen molar-refractivity contribution in [3.63, 3.8) is 0 Å². The van der Waals surface area contributed by atoms with E-state index >= 15 is 0 Å². The van der Waals surface area contributed by atoms with Crippen LogP contribution in [-0.2, 0) is 29.1 Å². The number of amides is 1. The first kappa shape index (κ1) is 27.9. The predicted molar refractivity (Wildman–Crippen MR) is 151 cm³/mol. The Bertz CT molecular complexity index is 1090. The number of nitrogens with zero attached hydrogens (tertiary/aromatic N) is 1. The Morgan fingerprint density at radius 1 is 0.757 bits per heavy atom. The standard InChI is InChI=1S/C33H39NO3/c1-2-3-4-5-6-8-13-29-14-16-30(17-15-29)26-34(33(36)23-20-28-11-9-7-10-12-28)27-31-18-21-32(22-19-31)37-25-24-35/h7,9-12,14-24H,2-6,8,13,25-27H2,1H3/b23-20+. The van der Waals surface area contributed by atoms with E-state index in [9.17, 15) is 9.59 Å². The van der Waals surface area contributed by atoms with Gasteiger partial charge in [0.1, 0.15) is 12.4 Å². The van der Waals surface area contributed by atoms with Gasteiger partial charge in [-0.25, -0.2) is 0 Å². The second-order valence-electron chi connectivity index (χ2n) is 9.39. The minimum atomic E-state index is -0.0405. The molecule has 0 atom stereocenters. The maximum Gasteiger partial charge on any atom is 0.247 e. The van der Waals surface area contributed by atoms with E-state index in [-0.39, 0.29) is 12.5 Å². The maximum atomic E-state index is 13.2. The van der Waals surface area contributed by atoms with Crippen LogP contribution in [-0.4, -0.2) is 23.7 Å². The number of unbranched alkanes of at least 4 members (excludes halogenated alkanes) is 5. The molecule has 0 aliphatic rings. The molecule has 0 unspecified atom stereocenters. The molecule has 0 saturated carbocycles. The zero-order valence-electron chi connectivity index (χ0n) is 22.0. The molecule has 0 aromatic heterocycles. The number of aldehydes is 1. The fourth-order valence-electron chi connectivity index (χ4n) is 4.23. The molecule has 0 N–H and O–H groups in total. The van der Waals surface area contributed by atoms with E-state index in [1.54, 1.807) is 6.08 Å². The highest BCUT2D eigenvalue weighted by Crippen LogP contribution is 2.17. The lowest BCUT2D eigenvalue weighted by molar-refractivity contribution is -0.127. The minimum Gasteiger partial charge on any atom is -0.486 e. The third-order valence-electron chi connectivity index (χ3n) is 6.36. The average Bonchev–Trinajstić information content (AvgIpc) is 2.94. The first-order valence-electron chi connectivity index (χ1n) is 13.4. The summed E-state index contributed by atoms with van der Waals surface area (Å²) in [4.78, 5) is 25.6. The van der Waals surface area contributed by atoms with Gasteiger partial charge in [0.15, 0.2) is 6.29 Å². The molecule has 4 heteroatoms. The van der Waals surface area contributed by atoms with Gasteiger partial charge < -0.3 is 9.64 Å². The first-order chi connectivity index (χ1) is 18.2. The van der Waals surface area contributed by atoms with Gasteiger partial charge >= 0.3 is 0 Å². The highest BCUT2D eigenvalue weighted by molar-refractivity contribution is 5.91.